The molecule has 340 valence electrons. The maximum Gasteiger partial charge on any atom is 0.408 e. The van der Waals surface area contributed by atoms with Crippen LogP contribution >= 0.6 is 19.0 Å². The maximum atomic E-state index is 15.3. The Morgan fingerprint density at radius 2 is 1.72 bits per heavy atom. The number of aromatic nitrogens is 1. The summed E-state index contributed by atoms with van der Waals surface area (Å²) >= 11 is 6.85. The van der Waals surface area contributed by atoms with Crippen LogP contribution in [0.2, 0.25) is 5.02 Å². The van der Waals surface area contributed by atoms with Crippen LogP contribution in [-0.2, 0) is 29.6 Å². The molecule has 8 rings (SSSR count). The molecule has 4 aromatic rings. The molecule has 2 aliphatic carbocycles. The standard InChI is InChI=1S/C48H54ClF2N4O8P/c1-3-61-64(59,29-35-36(50)20-14-21-37(35)51)48-27-31(48)17-10-5-4-6-11-22-38(53-47(58)63-32-18-12-13-19-32)46(57)55-28-33(25-40(55)45(56)54-48)62-42-26-39(30-15-8-7-9-16-30)52-44-34(42)23-24-41(60-2)43(44)49/h7-10,14-17,20-21,23-24,26,31-33,38,40H,3-6,11-13,18-19,22,25,27-29H2,1-2H3,(H,53,58)(H,54,56)/b17-10-/t31-,33+,38-,40-,48-,64?/m0/s1. The van der Waals surface area contributed by atoms with Gasteiger partial charge in [0.05, 0.1) is 37.6 Å². The van der Waals surface area contributed by atoms with Gasteiger partial charge >= 0.3 is 6.09 Å². The summed E-state index contributed by atoms with van der Waals surface area (Å²) in [6, 6.07) is 16.0. The molecule has 3 aromatic carbocycles. The van der Waals surface area contributed by atoms with Crippen LogP contribution in [0.3, 0.4) is 0 Å². The van der Waals surface area contributed by atoms with Crippen molar-refractivity contribution in [3.8, 4) is 22.8 Å². The SMILES string of the molecule is CCOP(=O)(Cc1c(F)cccc1F)[C@@]12C[C@@H]1/C=C\CCCCC[C@H](NC(=O)OC1CCCC1)C(=O)N1C[C@H](Oc3cc(-c4ccccc4)nc4c(Cl)c(OC)ccc34)C[C@H]1C(=O)N2. The molecule has 3 fully saturated rings. The summed E-state index contributed by atoms with van der Waals surface area (Å²) in [5, 5.41) is 5.23. The molecular formula is C48H54ClF2N4O8P. The van der Waals surface area contributed by atoms with E-state index in [2.05, 4.69) is 10.6 Å². The fourth-order valence-electron chi connectivity index (χ4n) is 9.44. The Bertz CT molecular complexity index is 2440. The van der Waals surface area contributed by atoms with Crippen LogP contribution in [0, 0.1) is 17.6 Å². The third-order valence-electron chi connectivity index (χ3n) is 12.9. The molecule has 0 radical (unpaired) electrons. The van der Waals surface area contributed by atoms with E-state index in [1.807, 2.05) is 42.5 Å². The minimum absolute atomic E-state index is 0.00263. The molecule has 1 saturated heterocycles. The summed E-state index contributed by atoms with van der Waals surface area (Å²) in [5.41, 5.74) is 1.40. The number of hydrogen-bond acceptors (Lipinski definition) is 9. The van der Waals surface area contributed by atoms with Gasteiger partial charge in [-0.05, 0) is 82.6 Å². The number of fused-ring (bicyclic) bond motifs is 3. The topological polar surface area (TPSA) is 145 Å². The lowest BCUT2D eigenvalue weighted by Gasteiger charge is -2.33. The Morgan fingerprint density at radius 1 is 0.969 bits per heavy atom. The lowest BCUT2D eigenvalue weighted by Crippen LogP contribution is -2.55. The van der Waals surface area contributed by atoms with E-state index < -0.39 is 78.0 Å². The molecule has 3 heterocycles. The van der Waals surface area contributed by atoms with Crippen molar-refractivity contribution < 1.29 is 46.5 Å². The number of nitrogens with zero attached hydrogens (tertiary/aromatic N) is 2. The highest BCUT2D eigenvalue weighted by Gasteiger charge is 2.67. The largest absolute Gasteiger partial charge is 0.495 e. The summed E-state index contributed by atoms with van der Waals surface area (Å²) in [6.45, 7) is 1.54. The number of ether oxygens (including phenoxy) is 3. The van der Waals surface area contributed by atoms with Gasteiger partial charge in [0.15, 0.2) is 0 Å². The molecule has 1 unspecified atom stereocenters. The Morgan fingerprint density at radius 3 is 2.45 bits per heavy atom. The minimum atomic E-state index is -4.12. The first-order chi connectivity index (χ1) is 30.9. The molecule has 0 bridgehead atoms. The van der Waals surface area contributed by atoms with E-state index in [0.717, 1.165) is 56.2 Å². The summed E-state index contributed by atoms with van der Waals surface area (Å²) < 4.78 is 69.8. The molecule has 2 aliphatic heterocycles. The van der Waals surface area contributed by atoms with Gasteiger partial charge in [-0.2, -0.15) is 0 Å². The third kappa shape index (κ3) is 9.51. The highest BCUT2D eigenvalue weighted by molar-refractivity contribution is 7.60. The van der Waals surface area contributed by atoms with E-state index in [0.29, 0.717) is 47.4 Å². The average Bonchev–Trinajstić information content (AvgIpc) is 3.54. The lowest BCUT2D eigenvalue weighted by atomic mass is 10.0. The van der Waals surface area contributed by atoms with E-state index in [-0.39, 0.29) is 37.1 Å². The van der Waals surface area contributed by atoms with Gasteiger partial charge in [-0.15, -0.1) is 0 Å². The molecule has 4 aliphatic rings. The van der Waals surface area contributed by atoms with Crippen molar-refractivity contribution in [1.82, 2.24) is 20.5 Å². The number of halogens is 3. The third-order valence-corrected chi connectivity index (χ3v) is 16.5. The zero-order valence-corrected chi connectivity index (χ0v) is 37.7. The fraction of sp³-hybridized carbons (Fsp3) is 0.458. The Hall–Kier alpha value is -5.04. The van der Waals surface area contributed by atoms with E-state index in [1.165, 1.54) is 18.1 Å². The van der Waals surface area contributed by atoms with Crippen molar-refractivity contribution >= 4 is 47.8 Å². The zero-order chi connectivity index (χ0) is 45.0. The zero-order valence-electron chi connectivity index (χ0n) is 36.0. The average molecular weight is 919 g/mol. The van der Waals surface area contributed by atoms with Gasteiger partial charge in [-0.1, -0.05) is 73.0 Å². The quantitative estimate of drug-likeness (QED) is 0.111. The molecule has 3 amide bonds. The molecule has 6 atom stereocenters. The fourth-order valence-corrected chi connectivity index (χ4v) is 12.8. The first-order valence-electron chi connectivity index (χ1n) is 22.3. The van der Waals surface area contributed by atoms with Crippen molar-refractivity contribution in [2.75, 3.05) is 20.3 Å². The maximum absolute atomic E-state index is 15.3. The van der Waals surface area contributed by atoms with Crippen molar-refractivity contribution in [2.24, 2.45) is 5.92 Å². The lowest BCUT2D eigenvalue weighted by molar-refractivity contribution is -0.140. The predicted molar refractivity (Wildman–Crippen MR) is 239 cm³/mol. The molecule has 0 spiro atoms. The summed E-state index contributed by atoms with van der Waals surface area (Å²) in [6.07, 6.45) is 8.25. The van der Waals surface area contributed by atoms with Gasteiger partial charge in [-0.25, -0.2) is 18.6 Å². The Balaban J connectivity index is 1.17. The second-order valence-electron chi connectivity index (χ2n) is 17.1. The predicted octanol–water partition coefficient (Wildman–Crippen LogP) is 10.1. The van der Waals surface area contributed by atoms with Crippen molar-refractivity contribution in [1.29, 1.82) is 0 Å². The molecular weight excluding hydrogens is 865 g/mol. The van der Waals surface area contributed by atoms with E-state index in [4.69, 9.17) is 35.3 Å². The summed E-state index contributed by atoms with van der Waals surface area (Å²) in [7, 11) is -2.61. The number of carbonyl (C=O) groups excluding carboxylic acids is 3. The van der Waals surface area contributed by atoms with Crippen LogP contribution < -0.4 is 20.1 Å². The highest BCUT2D eigenvalue weighted by atomic mass is 35.5. The van der Waals surface area contributed by atoms with Crippen LogP contribution in [0.4, 0.5) is 13.6 Å². The van der Waals surface area contributed by atoms with Gasteiger partial charge in [0.25, 0.3) is 0 Å². The van der Waals surface area contributed by atoms with Crippen LogP contribution in [0.25, 0.3) is 22.2 Å². The van der Waals surface area contributed by atoms with Gasteiger partial charge in [0, 0.05) is 34.9 Å². The van der Waals surface area contributed by atoms with Gasteiger partial charge < -0.3 is 34.3 Å². The number of nitrogens with one attached hydrogen (secondary N) is 2. The van der Waals surface area contributed by atoms with Crippen molar-refractivity contribution in [3.05, 3.63) is 101 Å². The van der Waals surface area contributed by atoms with E-state index >= 15 is 18.1 Å². The summed E-state index contributed by atoms with van der Waals surface area (Å²) in [4.78, 5) is 49.6. The van der Waals surface area contributed by atoms with E-state index in [1.54, 1.807) is 25.1 Å². The van der Waals surface area contributed by atoms with Crippen molar-refractivity contribution in [2.45, 2.75) is 113 Å². The highest BCUT2D eigenvalue weighted by Crippen LogP contribution is 2.74. The Kier molecular flexibility index (Phi) is 13.9. The number of benzene rings is 3. The molecule has 2 saturated carbocycles. The summed E-state index contributed by atoms with van der Waals surface area (Å²) in [5.74, 6) is -2.53. The van der Waals surface area contributed by atoms with Gasteiger partial charge in [0.2, 0.25) is 19.2 Å². The molecule has 64 heavy (non-hydrogen) atoms. The first kappa shape index (κ1) is 45.5. The first-order valence-corrected chi connectivity index (χ1v) is 24.4. The second-order valence-corrected chi connectivity index (χ2v) is 20.2. The number of methoxy groups -OCH3 is 1. The number of alkyl carbamates (subject to hydrolysis) is 1. The van der Waals surface area contributed by atoms with Crippen LogP contribution in [-0.4, -0.2) is 77.6 Å². The smallest absolute Gasteiger partial charge is 0.408 e. The number of hydrogen-bond donors (Lipinski definition) is 2. The normalized spacial score (nSPS) is 25.5. The molecule has 12 nitrogen and oxygen atoms in total. The van der Waals surface area contributed by atoms with Crippen molar-refractivity contribution in [3.63, 3.8) is 0 Å². The number of allylic oxidation sites excluding steroid dienone is 1. The van der Waals surface area contributed by atoms with Crippen LogP contribution in [0.15, 0.2) is 78.9 Å². The van der Waals surface area contributed by atoms with E-state index in [9.17, 15) is 9.59 Å². The van der Waals surface area contributed by atoms with Crippen LogP contribution in [0.5, 0.6) is 11.5 Å². The number of carbonyl (C=O) groups is 3. The van der Waals surface area contributed by atoms with Gasteiger partial charge in [0.1, 0.15) is 57.7 Å². The second kappa shape index (κ2) is 19.6. The number of pyridine rings is 1. The minimum Gasteiger partial charge on any atom is -0.495 e. The number of rotatable bonds is 11. The molecule has 16 heteroatoms. The number of amides is 3. The Labute approximate surface area is 376 Å². The molecule has 1 aromatic heterocycles. The van der Waals surface area contributed by atoms with Gasteiger partial charge in [-0.3, -0.25) is 14.2 Å². The van der Waals surface area contributed by atoms with Crippen LogP contribution in [0.1, 0.15) is 83.1 Å². The molecule has 2 N–H and O–H groups in total. The monoisotopic (exact) mass is 918 g/mol.